The number of hydrogen-bond acceptors (Lipinski definition) is 8. The van der Waals surface area contributed by atoms with Gasteiger partial charge in [-0.3, -0.25) is 19.7 Å². The third kappa shape index (κ3) is 5.47. The fraction of sp³-hybridized carbons (Fsp3) is 0.300. The SMILES string of the molecule is N#Cc1ccc(N2CCC(Sc3ccc(COc4cccc5c4CN([C@@H]4CCC(=O)NC4=O)C5=O)cn3)C2)c(F)c1. The van der Waals surface area contributed by atoms with Gasteiger partial charge in [0.05, 0.1) is 28.9 Å². The largest absolute Gasteiger partial charge is 0.488 e. The van der Waals surface area contributed by atoms with E-state index in [-0.39, 0.29) is 42.5 Å². The summed E-state index contributed by atoms with van der Waals surface area (Å²) in [6.07, 6.45) is 3.17. The van der Waals surface area contributed by atoms with Gasteiger partial charge in [-0.05, 0) is 49.2 Å². The van der Waals surface area contributed by atoms with E-state index >= 15 is 0 Å². The minimum Gasteiger partial charge on any atom is -0.488 e. The summed E-state index contributed by atoms with van der Waals surface area (Å²) in [7, 11) is 0. The number of piperidine rings is 1. The molecule has 0 aliphatic carbocycles. The van der Waals surface area contributed by atoms with Gasteiger partial charge in [-0.25, -0.2) is 9.37 Å². The molecule has 3 amide bonds. The van der Waals surface area contributed by atoms with Crippen LogP contribution >= 0.6 is 11.8 Å². The number of fused-ring (bicyclic) bond motifs is 1. The van der Waals surface area contributed by atoms with Crippen molar-refractivity contribution in [2.75, 3.05) is 18.0 Å². The van der Waals surface area contributed by atoms with Crippen LogP contribution in [0.2, 0.25) is 0 Å². The van der Waals surface area contributed by atoms with Gasteiger partial charge in [-0.15, -0.1) is 11.8 Å². The van der Waals surface area contributed by atoms with Crippen LogP contribution in [0.5, 0.6) is 5.75 Å². The van der Waals surface area contributed by atoms with E-state index in [0.717, 1.165) is 29.1 Å². The van der Waals surface area contributed by atoms with Crippen molar-refractivity contribution in [3.8, 4) is 11.8 Å². The van der Waals surface area contributed by atoms with Gasteiger partial charge >= 0.3 is 0 Å². The third-order valence-electron chi connectivity index (χ3n) is 7.58. The molecular formula is C30H26FN5O4S. The van der Waals surface area contributed by atoms with Gasteiger partial charge in [0, 0.05) is 47.6 Å². The Kier molecular flexibility index (Phi) is 7.32. The zero-order valence-electron chi connectivity index (χ0n) is 22.0. The molecule has 3 aliphatic rings. The zero-order valence-corrected chi connectivity index (χ0v) is 22.8. The number of benzene rings is 2. The molecular weight excluding hydrogens is 545 g/mol. The monoisotopic (exact) mass is 571 g/mol. The lowest BCUT2D eigenvalue weighted by atomic mass is 10.0. The van der Waals surface area contributed by atoms with Gasteiger partial charge in [0.1, 0.15) is 24.2 Å². The quantitative estimate of drug-likeness (QED) is 0.426. The summed E-state index contributed by atoms with van der Waals surface area (Å²) in [5.41, 5.74) is 2.92. The molecule has 0 spiro atoms. The lowest BCUT2D eigenvalue weighted by Gasteiger charge is -2.29. The summed E-state index contributed by atoms with van der Waals surface area (Å²) in [5.74, 6) is -0.809. The van der Waals surface area contributed by atoms with Gasteiger partial charge in [0.15, 0.2) is 0 Å². The van der Waals surface area contributed by atoms with Crippen molar-refractivity contribution in [1.82, 2.24) is 15.2 Å². The molecule has 2 fully saturated rings. The molecule has 11 heteroatoms. The van der Waals surface area contributed by atoms with E-state index in [2.05, 4.69) is 10.3 Å². The molecule has 6 rings (SSSR count). The Balaban J connectivity index is 1.05. The number of aromatic nitrogens is 1. The summed E-state index contributed by atoms with van der Waals surface area (Å²) < 4.78 is 20.5. The average Bonchev–Trinajstić information content (AvgIpc) is 3.57. The second-order valence-corrected chi connectivity index (χ2v) is 11.5. The number of thioether (sulfide) groups is 1. The van der Waals surface area contributed by atoms with E-state index < -0.39 is 11.9 Å². The molecule has 0 radical (unpaired) electrons. The number of halogens is 1. The van der Waals surface area contributed by atoms with Crippen molar-refractivity contribution in [3.05, 3.63) is 82.8 Å². The lowest BCUT2D eigenvalue weighted by Crippen LogP contribution is -2.52. The molecule has 1 N–H and O–H groups in total. The number of nitrogens with zero attached hydrogens (tertiary/aromatic N) is 4. The van der Waals surface area contributed by atoms with Crippen LogP contribution in [0.25, 0.3) is 0 Å². The van der Waals surface area contributed by atoms with Gasteiger partial charge < -0.3 is 14.5 Å². The molecule has 2 atom stereocenters. The van der Waals surface area contributed by atoms with Gasteiger partial charge in [-0.2, -0.15) is 5.26 Å². The van der Waals surface area contributed by atoms with Crippen molar-refractivity contribution >= 4 is 35.2 Å². The van der Waals surface area contributed by atoms with E-state index in [1.54, 1.807) is 48.3 Å². The smallest absolute Gasteiger partial charge is 0.255 e. The molecule has 3 aromatic rings. The number of ether oxygens (including phenoxy) is 1. The summed E-state index contributed by atoms with van der Waals surface area (Å²) in [5, 5.41) is 12.4. The fourth-order valence-electron chi connectivity index (χ4n) is 5.47. The Labute approximate surface area is 240 Å². The highest BCUT2D eigenvalue weighted by molar-refractivity contribution is 7.99. The lowest BCUT2D eigenvalue weighted by molar-refractivity contribution is -0.136. The Morgan fingerprint density at radius 3 is 2.78 bits per heavy atom. The highest BCUT2D eigenvalue weighted by atomic mass is 32.2. The van der Waals surface area contributed by atoms with Crippen LogP contribution < -0.4 is 15.0 Å². The maximum atomic E-state index is 14.4. The summed E-state index contributed by atoms with van der Waals surface area (Å²) >= 11 is 1.65. The number of nitrogens with one attached hydrogen (secondary N) is 1. The van der Waals surface area contributed by atoms with Crippen LogP contribution in [0.1, 0.15) is 46.3 Å². The first-order valence-electron chi connectivity index (χ1n) is 13.3. The first kappa shape index (κ1) is 26.8. The predicted molar refractivity (Wildman–Crippen MR) is 149 cm³/mol. The van der Waals surface area contributed by atoms with Gasteiger partial charge in [0.2, 0.25) is 11.8 Å². The number of pyridine rings is 1. The van der Waals surface area contributed by atoms with E-state index in [0.29, 0.717) is 35.5 Å². The highest BCUT2D eigenvalue weighted by Crippen LogP contribution is 2.35. The van der Waals surface area contributed by atoms with Crippen molar-refractivity contribution in [2.45, 2.75) is 48.7 Å². The van der Waals surface area contributed by atoms with Crippen molar-refractivity contribution in [3.63, 3.8) is 0 Å². The van der Waals surface area contributed by atoms with Crippen LogP contribution in [0, 0.1) is 17.1 Å². The Bertz CT molecular complexity index is 1570. The second-order valence-electron chi connectivity index (χ2n) is 10.2. The van der Waals surface area contributed by atoms with Gasteiger partial charge in [-0.1, -0.05) is 12.1 Å². The van der Waals surface area contributed by atoms with Crippen molar-refractivity contribution in [2.24, 2.45) is 0 Å². The van der Waals surface area contributed by atoms with E-state index in [4.69, 9.17) is 10.00 Å². The Morgan fingerprint density at radius 2 is 2.02 bits per heavy atom. The van der Waals surface area contributed by atoms with Crippen molar-refractivity contribution < 1.29 is 23.5 Å². The molecule has 1 unspecified atom stereocenters. The number of carbonyl (C=O) groups is 3. The third-order valence-corrected chi connectivity index (χ3v) is 8.78. The molecule has 0 saturated carbocycles. The summed E-state index contributed by atoms with van der Waals surface area (Å²) in [6, 6.07) is 15.0. The van der Waals surface area contributed by atoms with Crippen LogP contribution in [-0.4, -0.2) is 52.0 Å². The Hall–Kier alpha value is -4.43. The first-order valence-corrected chi connectivity index (χ1v) is 14.2. The summed E-state index contributed by atoms with van der Waals surface area (Å²) in [4.78, 5) is 45.0. The van der Waals surface area contributed by atoms with Crippen LogP contribution in [0.4, 0.5) is 10.1 Å². The number of imide groups is 1. The number of amides is 3. The Morgan fingerprint density at radius 1 is 1.15 bits per heavy atom. The minimum atomic E-state index is -0.676. The fourth-order valence-corrected chi connectivity index (χ4v) is 6.55. The van der Waals surface area contributed by atoms with Crippen molar-refractivity contribution in [1.29, 1.82) is 5.26 Å². The molecule has 41 heavy (non-hydrogen) atoms. The van der Waals surface area contributed by atoms with Crippen LogP contribution in [0.15, 0.2) is 59.8 Å². The second kappa shape index (κ2) is 11.2. The molecule has 2 saturated heterocycles. The standard InChI is InChI=1S/C30H26FN5O4S/c31-23-12-18(13-32)4-6-24(23)35-11-10-20(15-35)41-28-9-5-19(14-33-28)17-40-26-3-1-2-21-22(26)16-36(30(21)39)25-7-8-27(37)34-29(25)38/h1-6,9,12,14,20,25H,7-8,10-11,15-17H2,(H,34,37,38)/t20?,25-/m1/s1. The first-order chi connectivity index (χ1) is 19.9. The highest BCUT2D eigenvalue weighted by Gasteiger charge is 2.40. The molecule has 1 aromatic heterocycles. The molecule has 4 heterocycles. The zero-order chi connectivity index (χ0) is 28.5. The van der Waals surface area contributed by atoms with E-state index in [1.807, 2.05) is 23.1 Å². The normalized spacial score (nSPS) is 20.1. The maximum Gasteiger partial charge on any atom is 0.255 e. The maximum absolute atomic E-state index is 14.4. The number of nitriles is 1. The predicted octanol–water partition coefficient (Wildman–Crippen LogP) is 3.80. The summed E-state index contributed by atoms with van der Waals surface area (Å²) in [6.45, 7) is 1.93. The molecule has 9 nitrogen and oxygen atoms in total. The minimum absolute atomic E-state index is 0.204. The average molecular weight is 572 g/mol. The van der Waals surface area contributed by atoms with Crippen LogP contribution in [-0.2, 0) is 22.7 Å². The molecule has 0 bridgehead atoms. The number of carbonyl (C=O) groups excluding carboxylic acids is 3. The van der Waals surface area contributed by atoms with Gasteiger partial charge in [0.25, 0.3) is 5.91 Å². The van der Waals surface area contributed by atoms with E-state index in [1.165, 1.54) is 11.0 Å². The van der Waals surface area contributed by atoms with E-state index in [9.17, 15) is 18.8 Å². The number of rotatable bonds is 7. The molecule has 3 aliphatic heterocycles. The topological polar surface area (TPSA) is 116 Å². The van der Waals surface area contributed by atoms with Crippen LogP contribution in [0.3, 0.4) is 0 Å². The number of hydrogen-bond donors (Lipinski definition) is 1. The number of anilines is 1. The molecule has 208 valence electrons. The molecule has 2 aromatic carbocycles.